The number of pyridine rings is 1. The minimum Gasteiger partial charge on any atom is -0.373 e. The summed E-state index contributed by atoms with van der Waals surface area (Å²) in [6, 6.07) is 3.50. The van der Waals surface area contributed by atoms with E-state index in [-0.39, 0.29) is 17.6 Å². The van der Waals surface area contributed by atoms with Gasteiger partial charge in [0.15, 0.2) is 0 Å². The molecule has 1 amide bonds. The Morgan fingerprint density at radius 3 is 2.80 bits per heavy atom. The van der Waals surface area contributed by atoms with Crippen molar-refractivity contribution >= 4 is 23.3 Å². The van der Waals surface area contributed by atoms with Crippen molar-refractivity contribution in [1.82, 2.24) is 15.2 Å². The summed E-state index contributed by atoms with van der Waals surface area (Å²) in [6.07, 6.45) is 2.50. The van der Waals surface area contributed by atoms with Crippen LogP contribution in [0.2, 0.25) is 5.02 Å². The smallest absolute Gasteiger partial charge is 0.271 e. The lowest BCUT2D eigenvalue weighted by molar-refractivity contribution is 0.0927. The van der Waals surface area contributed by atoms with Gasteiger partial charge < -0.3 is 15.5 Å². The van der Waals surface area contributed by atoms with Crippen molar-refractivity contribution in [2.75, 3.05) is 32.0 Å². The highest BCUT2D eigenvalue weighted by Gasteiger charge is 2.18. The average Bonchev–Trinajstić information content (AvgIpc) is 2.91. The first kappa shape index (κ1) is 15.1. The molecule has 1 unspecified atom stereocenters. The Balaban J connectivity index is 1.96. The fraction of sp³-hybridized carbons (Fsp3) is 0.571. The van der Waals surface area contributed by atoms with Crippen molar-refractivity contribution in [2.24, 2.45) is 0 Å². The molecule has 5 nitrogen and oxygen atoms in total. The number of halogens is 1. The van der Waals surface area contributed by atoms with Gasteiger partial charge in [-0.05, 0) is 45.0 Å². The lowest BCUT2D eigenvalue weighted by Crippen LogP contribution is -2.41. The molecule has 20 heavy (non-hydrogen) atoms. The van der Waals surface area contributed by atoms with Crippen LogP contribution in [0.25, 0.3) is 0 Å². The Bertz CT molecular complexity index is 474. The molecule has 1 aromatic heterocycles. The number of aromatic nitrogens is 1. The topological polar surface area (TPSA) is 57.3 Å². The van der Waals surface area contributed by atoms with Gasteiger partial charge in [-0.15, -0.1) is 0 Å². The van der Waals surface area contributed by atoms with Gasteiger partial charge in [0.25, 0.3) is 5.91 Å². The van der Waals surface area contributed by atoms with Crippen molar-refractivity contribution in [1.29, 1.82) is 0 Å². The maximum absolute atomic E-state index is 12.2. The van der Waals surface area contributed by atoms with Crippen LogP contribution in [0.3, 0.4) is 0 Å². The van der Waals surface area contributed by atoms with E-state index in [9.17, 15) is 4.79 Å². The second-order valence-corrected chi connectivity index (χ2v) is 5.57. The molecule has 6 heteroatoms. The fourth-order valence-electron chi connectivity index (χ4n) is 2.43. The molecule has 1 aromatic rings. The molecular weight excluding hydrogens is 276 g/mol. The summed E-state index contributed by atoms with van der Waals surface area (Å²) in [6.45, 7) is 5.12. The van der Waals surface area contributed by atoms with Crippen molar-refractivity contribution in [2.45, 2.75) is 25.8 Å². The Kier molecular flexibility index (Phi) is 5.20. The summed E-state index contributed by atoms with van der Waals surface area (Å²) in [5.41, 5.74) is 0.270. The summed E-state index contributed by atoms with van der Waals surface area (Å²) in [7, 11) is 1.76. The third kappa shape index (κ3) is 3.84. The highest BCUT2D eigenvalue weighted by atomic mass is 35.5. The minimum absolute atomic E-state index is 0.0803. The molecule has 2 heterocycles. The van der Waals surface area contributed by atoms with Crippen molar-refractivity contribution < 1.29 is 4.79 Å². The predicted molar refractivity (Wildman–Crippen MR) is 81.4 cm³/mol. The zero-order chi connectivity index (χ0) is 14.5. The molecule has 2 N–H and O–H groups in total. The third-order valence-corrected chi connectivity index (χ3v) is 3.73. The predicted octanol–water partition coefficient (Wildman–Crippen LogP) is 1.99. The van der Waals surface area contributed by atoms with Crippen LogP contribution in [-0.4, -0.2) is 48.5 Å². The van der Waals surface area contributed by atoms with Crippen LogP contribution in [-0.2, 0) is 0 Å². The van der Waals surface area contributed by atoms with Crippen LogP contribution in [0, 0.1) is 0 Å². The van der Waals surface area contributed by atoms with Gasteiger partial charge in [-0.2, -0.15) is 0 Å². The maximum Gasteiger partial charge on any atom is 0.271 e. The first-order valence-electron chi connectivity index (χ1n) is 6.97. The number of amides is 1. The second-order valence-electron chi connectivity index (χ2n) is 5.16. The fourth-order valence-corrected chi connectivity index (χ4v) is 2.62. The van der Waals surface area contributed by atoms with Crippen LogP contribution in [0.4, 0.5) is 5.82 Å². The molecule has 110 valence electrons. The first-order valence-corrected chi connectivity index (χ1v) is 7.35. The van der Waals surface area contributed by atoms with Crippen LogP contribution >= 0.6 is 11.6 Å². The second kappa shape index (κ2) is 6.90. The quantitative estimate of drug-likeness (QED) is 0.872. The molecule has 0 spiro atoms. The normalized spacial score (nSPS) is 16.9. The van der Waals surface area contributed by atoms with Gasteiger partial charge in [0.1, 0.15) is 11.5 Å². The Morgan fingerprint density at radius 1 is 1.45 bits per heavy atom. The van der Waals surface area contributed by atoms with Crippen LogP contribution in [0.5, 0.6) is 0 Å². The Morgan fingerprint density at radius 2 is 2.15 bits per heavy atom. The number of carbonyl (C=O) groups is 1. The highest BCUT2D eigenvalue weighted by Crippen LogP contribution is 2.16. The zero-order valence-electron chi connectivity index (χ0n) is 11.9. The molecular formula is C14H21ClN4O. The SMILES string of the molecule is CNc1ccc(Cl)c(C(=O)NC(C)CN2CCCC2)n1. The van der Waals surface area contributed by atoms with Gasteiger partial charge in [-0.1, -0.05) is 11.6 Å². The number of hydrogen-bond acceptors (Lipinski definition) is 4. The number of nitrogens with zero attached hydrogens (tertiary/aromatic N) is 2. The first-order chi connectivity index (χ1) is 9.60. The lowest BCUT2D eigenvalue weighted by Gasteiger charge is -2.21. The highest BCUT2D eigenvalue weighted by molar-refractivity contribution is 6.33. The van der Waals surface area contributed by atoms with E-state index in [4.69, 9.17) is 11.6 Å². The summed E-state index contributed by atoms with van der Waals surface area (Å²) in [5.74, 6) is 0.408. The van der Waals surface area contributed by atoms with Crippen molar-refractivity contribution in [3.8, 4) is 0 Å². The largest absolute Gasteiger partial charge is 0.373 e. The van der Waals surface area contributed by atoms with E-state index in [1.807, 2.05) is 6.92 Å². The molecule has 0 radical (unpaired) electrons. The van der Waals surface area contributed by atoms with Crippen molar-refractivity contribution in [3.63, 3.8) is 0 Å². The summed E-state index contributed by atoms with van der Waals surface area (Å²) in [4.78, 5) is 18.8. The minimum atomic E-state index is -0.223. The molecule has 0 bridgehead atoms. The standard InChI is InChI=1S/C14H21ClN4O/c1-10(9-19-7-3-4-8-19)17-14(20)13-11(15)5-6-12(16-2)18-13/h5-6,10H,3-4,7-9H2,1-2H3,(H,16,18)(H,17,20). The Labute approximate surface area is 124 Å². The number of likely N-dealkylation sites (tertiary alicyclic amines) is 1. The van der Waals surface area contributed by atoms with Crippen LogP contribution in [0.1, 0.15) is 30.3 Å². The molecule has 0 aliphatic carbocycles. The molecule has 2 rings (SSSR count). The number of nitrogens with one attached hydrogen (secondary N) is 2. The van der Waals surface area contributed by atoms with E-state index in [2.05, 4.69) is 20.5 Å². The van der Waals surface area contributed by atoms with Gasteiger partial charge in [0.2, 0.25) is 0 Å². The van der Waals surface area contributed by atoms with Gasteiger partial charge in [-0.3, -0.25) is 4.79 Å². The average molecular weight is 297 g/mol. The number of anilines is 1. The van der Waals surface area contributed by atoms with Gasteiger partial charge in [0.05, 0.1) is 5.02 Å². The van der Waals surface area contributed by atoms with E-state index < -0.39 is 0 Å². The number of hydrogen-bond donors (Lipinski definition) is 2. The van der Waals surface area contributed by atoms with E-state index >= 15 is 0 Å². The van der Waals surface area contributed by atoms with E-state index in [1.54, 1.807) is 19.2 Å². The van der Waals surface area contributed by atoms with Gasteiger partial charge in [-0.25, -0.2) is 4.98 Å². The summed E-state index contributed by atoms with van der Waals surface area (Å²) >= 11 is 6.04. The van der Waals surface area contributed by atoms with Crippen LogP contribution in [0.15, 0.2) is 12.1 Å². The summed E-state index contributed by atoms with van der Waals surface area (Å²) in [5, 5.41) is 6.23. The van der Waals surface area contributed by atoms with Crippen LogP contribution < -0.4 is 10.6 Å². The summed E-state index contributed by atoms with van der Waals surface area (Å²) < 4.78 is 0. The number of carbonyl (C=O) groups excluding carboxylic acids is 1. The third-order valence-electron chi connectivity index (χ3n) is 3.43. The Hall–Kier alpha value is -1.33. The van der Waals surface area contributed by atoms with Gasteiger partial charge in [0, 0.05) is 19.6 Å². The number of rotatable bonds is 5. The molecule has 0 saturated carbocycles. The maximum atomic E-state index is 12.2. The molecule has 1 saturated heterocycles. The molecule has 0 aromatic carbocycles. The zero-order valence-corrected chi connectivity index (χ0v) is 12.7. The monoisotopic (exact) mass is 296 g/mol. The van der Waals surface area contributed by atoms with E-state index in [0.29, 0.717) is 10.8 Å². The lowest BCUT2D eigenvalue weighted by atomic mass is 10.2. The molecule has 1 atom stereocenters. The van der Waals surface area contributed by atoms with Crippen molar-refractivity contribution in [3.05, 3.63) is 22.8 Å². The molecule has 1 fully saturated rings. The van der Waals surface area contributed by atoms with E-state index in [0.717, 1.165) is 19.6 Å². The van der Waals surface area contributed by atoms with E-state index in [1.165, 1.54) is 12.8 Å². The van der Waals surface area contributed by atoms with Gasteiger partial charge >= 0.3 is 0 Å². The molecule has 1 aliphatic heterocycles. The molecule has 1 aliphatic rings.